The first-order valence-electron chi connectivity index (χ1n) is 8.11. The summed E-state index contributed by atoms with van der Waals surface area (Å²) < 4.78 is 5.30. The molecule has 0 aliphatic heterocycles. The number of hydrogen-bond acceptors (Lipinski definition) is 4. The Morgan fingerprint density at radius 3 is 2.44 bits per heavy atom. The van der Waals surface area contributed by atoms with E-state index in [1.54, 1.807) is 52.1 Å². The SMILES string of the molecule is CC(=O)Nc1cccc(C(=O)NC[C@@H](C)N(C)C(=O)OC(C)(C)C)c1. The van der Waals surface area contributed by atoms with Crippen LogP contribution in [0.1, 0.15) is 45.0 Å². The van der Waals surface area contributed by atoms with Gasteiger partial charge in [0.1, 0.15) is 5.60 Å². The third-order valence-corrected chi connectivity index (χ3v) is 3.35. The lowest BCUT2D eigenvalue weighted by atomic mass is 10.2. The quantitative estimate of drug-likeness (QED) is 0.855. The van der Waals surface area contributed by atoms with E-state index in [-0.39, 0.29) is 24.4 Å². The van der Waals surface area contributed by atoms with Crippen molar-refractivity contribution in [2.75, 3.05) is 18.9 Å². The van der Waals surface area contributed by atoms with E-state index in [1.807, 2.05) is 6.92 Å². The van der Waals surface area contributed by atoms with E-state index in [0.717, 1.165) is 0 Å². The number of amides is 3. The van der Waals surface area contributed by atoms with E-state index in [9.17, 15) is 14.4 Å². The van der Waals surface area contributed by atoms with Gasteiger partial charge in [-0.25, -0.2) is 4.79 Å². The minimum Gasteiger partial charge on any atom is -0.444 e. The molecular weight excluding hydrogens is 322 g/mol. The van der Waals surface area contributed by atoms with E-state index < -0.39 is 11.7 Å². The van der Waals surface area contributed by atoms with Crippen molar-refractivity contribution in [2.45, 2.75) is 46.3 Å². The van der Waals surface area contributed by atoms with Crippen molar-refractivity contribution in [1.82, 2.24) is 10.2 Å². The summed E-state index contributed by atoms with van der Waals surface area (Å²) in [5.74, 6) is -0.484. The van der Waals surface area contributed by atoms with Crippen LogP contribution in [0.5, 0.6) is 0 Å². The fourth-order valence-electron chi connectivity index (χ4n) is 1.93. The molecule has 1 rings (SSSR count). The van der Waals surface area contributed by atoms with Crippen LogP contribution >= 0.6 is 0 Å². The standard InChI is InChI=1S/C18H27N3O4/c1-12(21(6)17(24)25-18(3,4)5)11-19-16(23)14-8-7-9-15(10-14)20-13(2)22/h7-10,12H,11H2,1-6H3,(H,19,23)(H,20,22)/t12-/m1/s1. The third-order valence-electron chi connectivity index (χ3n) is 3.35. The monoisotopic (exact) mass is 349 g/mol. The molecule has 1 atom stereocenters. The summed E-state index contributed by atoms with van der Waals surface area (Å²) in [6, 6.07) is 6.41. The van der Waals surface area contributed by atoms with Gasteiger partial charge in [-0.05, 0) is 45.9 Å². The molecular formula is C18H27N3O4. The molecule has 7 nitrogen and oxygen atoms in total. The number of nitrogens with zero attached hydrogens (tertiary/aromatic N) is 1. The molecule has 1 aromatic rings. The summed E-state index contributed by atoms with van der Waals surface area (Å²) in [5.41, 5.74) is 0.413. The van der Waals surface area contributed by atoms with Crippen LogP contribution in [0.4, 0.5) is 10.5 Å². The Kier molecular flexibility index (Phi) is 6.97. The number of anilines is 1. The first-order chi connectivity index (χ1) is 11.5. The Morgan fingerprint density at radius 2 is 1.88 bits per heavy atom. The molecule has 0 heterocycles. The number of carbonyl (C=O) groups is 3. The fraction of sp³-hybridized carbons (Fsp3) is 0.500. The number of likely N-dealkylation sites (N-methyl/N-ethyl adjacent to an activating group) is 1. The first-order valence-corrected chi connectivity index (χ1v) is 8.11. The van der Waals surface area contributed by atoms with Crippen molar-refractivity contribution < 1.29 is 19.1 Å². The summed E-state index contributed by atoms with van der Waals surface area (Å²) in [4.78, 5) is 36.8. The van der Waals surface area contributed by atoms with Gasteiger partial charge in [0.05, 0.1) is 0 Å². The summed E-state index contributed by atoms with van der Waals surface area (Å²) in [7, 11) is 1.63. The molecule has 0 unspecified atom stereocenters. The molecule has 0 radical (unpaired) electrons. The lowest BCUT2D eigenvalue weighted by molar-refractivity contribution is -0.114. The zero-order chi connectivity index (χ0) is 19.2. The van der Waals surface area contributed by atoms with Gasteiger partial charge >= 0.3 is 6.09 Å². The van der Waals surface area contributed by atoms with E-state index in [4.69, 9.17) is 4.74 Å². The van der Waals surface area contributed by atoms with E-state index in [2.05, 4.69) is 10.6 Å². The van der Waals surface area contributed by atoms with Gasteiger partial charge in [0.15, 0.2) is 0 Å². The second-order valence-electron chi connectivity index (χ2n) is 6.91. The van der Waals surface area contributed by atoms with Crippen molar-refractivity contribution >= 4 is 23.6 Å². The molecule has 25 heavy (non-hydrogen) atoms. The second kappa shape index (κ2) is 8.50. The highest BCUT2D eigenvalue weighted by atomic mass is 16.6. The predicted molar refractivity (Wildman–Crippen MR) is 96.5 cm³/mol. The number of nitrogens with one attached hydrogen (secondary N) is 2. The average Bonchev–Trinajstić information content (AvgIpc) is 2.49. The average molecular weight is 349 g/mol. The van der Waals surface area contributed by atoms with Crippen molar-refractivity contribution in [3.8, 4) is 0 Å². The predicted octanol–water partition coefficient (Wildman–Crippen LogP) is 2.63. The van der Waals surface area contributed by atoms with Crippen LogP contribution in [0.2, 0.25) is 0 Å². The number of benzene rings is 1. The molecule has 0 aliphatic rings. The molecule has 0 aliphatic carbocycles. The normalized spacial score (nSPS) is 12.1. The van der Waals surface area contributed by atoms with Gasteiger partial charge in [0.2, 0.25) is 5.91 Å². The second-order valence-corrected chi connectivity index (χ2v) is 6.91. The van der Waals surface area contributed by atoms with Gasteiger partial charge in [-0.2, -0.15) is 0 Å². The highest BCUT2D eigenvalue weighted by molar-refractivity contribution is 5.96. The van der Waals surface area contributed by atoms with Gasteiger partial charge in [0, 0.05) is 37.8 Å². The highest BCUT2D eigenvalue weighted by Crippen LogP contribution is 2.12. The minimum absolute atomic E-state index is 0.204. The Hall–Kier alpha value is -2.57. The number of ether oxygens (including phenoxy) is 1. The first kappa shape index (κ1) is 20.5. The number of carbonyl (C=O) groups excluding carboxylic acids is 3. The van der Waals surface area contributed by atoms with Gasteiger partial charge < -0.3 is 20.3 Å². The molecule has 2 N–H and O–H groups in total. The zero-order valence-corrected chi connectivity index (χ0v) is 15.7. The molecule has 0 saturated carbocycles. The maximum atomic E-state index is 12.2. The van der Waals surface area contributed by atoms with Crippen LogP contribution in [0.3, 0.4) is 0 Å². The maximum Gasteiger partial charge on any atom is 0.410 e. The largest absolute Gasteiger partial charge is 0.444 e. The van der Waals surface area contributed by atoms with E-state index in [1.165, 1.54) is 11.8 Å². The molecule has 7 heteroatoms. The Balaban J connectivity index is 2.60. The third kappa shape index (κ3) is 7.24. The Morgan fingerprint density at radius 1 is 1.24 bits per heavy atom. The van der Waals surface area contributed by atoms with Crippen molar-refractivity contribution in [1.29, 1.82) is 0 Å². The molecule has 0 spiro atoms. The van der Waals surface area contributed by atoms with Gasteiger partial charge in [0.25, 0.3) is 5.91 Å². The summed E-state index contributed by atoms with van der Waals surface area (Å²) in [6.07, 6.45) is -0.443. The maximum absolute atomic E-state index is 12.2. The Labute approximate surface area is 148 Å². The van der Waals surface area contributed by atoms with Crippen molar-refractivity contribution in [2.24, 2.45) is 0 Å². The molecule has 138 valence electrons. The summed E-state index contributed by atoms with van der Waals surface area (Å²) >= 11 is 0. The summed E-state index contributed by atoms with van der Waals surface area (Å²) in [5, 5.41) is 5.41. The molecule has 3 amide bonds. The minimum atomic E-state index is -0.571. The zero-order valence-electron chi connectivity index (χ0n) is 15.7. The number of hydrogen-bond donors (Lipinski definition) is 2. The van der Waals surface area contributed by atoms with Gasteiger partial charge in [-0.15, -0.1) is 0 Å². The lowest BCUT2D eigenvalue weighted by Gasteiger charge is -2.28. The van der Waals surface area contributed by atoms with Gasteiger partial charge in [-0.1, -0.05) is 6.07 Å². The fourth-order valence-corrected chi connectivity index (χ4v) is 1.93. The van der Waals surface area contributed by atoms with Gasteiger partial charge in [-0.3, -0.25) is 9.59 Å². The lowest BCUT2D eigenvalue weighted by Crippen LogP contribution is -2.45. The summed E-state index contributed by atoms with van der Waals surface area (Å²) in [6.45, 7) is 8.89. The highest BCUT2D eigenvalue weighted by Gasteiger charge is 2.23. The van der Waals surface area contributed by atoms with E-state index in [0.29, 0.717) is 11.3 Å². The molecule has 0 fully saturated rings. The van der Waals surface area contributed by atoms with Crippen LogP contribution in [0, 0.1) is 0 Å². The van der Waals surface area contributed by atoms with Crippen molar-refractivity contribution in [3.63, 3.8) is 0 Å². The van der Waals surface area contributed by atoms with E-state index >= 15 is 0 Å². The van der Waals surface area contributed by atoms with Crippen molar-refractivity contribution in [3.05, 3.63) is 29.8 Å². The number of rotatable bonds is 5. The van der Waals surface area contributed by atoms with Crippen LogP contribution in [0.25, 0.3) is 0 Å². The Bertz CT molecular complexity index is 637. The van der Waals surface area contributed by atoms with Crippen LogP contribution in [-0.4, -0.2) is 48.0 Å². The topological polar surface area (TPSA) is 87.7 Å². The molecule has 0 saturated heterocycles. The van der Waals surface area contributed by atoms with Crippen LogP contribution in [0.15, 0.2) is 24.3 Å². The van der Waals surface area contributed by atoms with Crippen LogP contribution in [-0.2, 0) is 9.53 Å². The molecule has 0 aromatic heterocycles. The molecule has 0 bridgehead atoms. The molecule has 1 aromatic carbocycles. The smallest absolute Gasteiger partial charge is 0.410 e. The van der Waals surface area contributed by atoms with Crippen LogP contribution < -0.4 is 10.6 Å².